The van der Waals surface area contributed by atoms with Crippen LogP contribution in [0.3, 0.4) is 0 Å². The molecule has 0 unspecified atom stereocenters. The van der Waals surface area contributed by atoms with Crippen LogP contribution >= 0.6 is 0 Å². The molecule has 2 heterocycles. The molecule has 0 bridgehead atoms. The number of aryl methyl sites for hydroxylation is 1. The van der Waals surface area contributed by atoms with E-state index in [1.807, 2.05) is 37.4 Å². The van der Waals surface area contributed by atoms with Crippen LogP contribution in [0.1, 0.15) is 5.56 Å². The fraction of sp³-hybridized carbons (Fsp3) is 0.0714. The Bertz CT molecular complexity index is 700. The Morgan fingerprint density at radius 2 is 2.11 bits per heavy atom. The first kappa shape index (κ1) is 10.7. The third kappa shape index (κ3) is 1.78. The summed E-state index contributed by atoms with van der Waals surface area (Å²) in [7, 11) is 0. The molecule has 18 heavy (non-hydrogen) atoms. The molecule has 0 amide bonds. The highest BCUT2D eigenvalue weighted by atomic mass is 15.0. The predicted octanol–water partition coefficient (Wildman–Crippen LogP) is 3.20. The fourth-order valence-corrected chi connectivity index (χ4v) is 2.03. The summed E-state index contributed by atoms with van der Waals surface area (Å²) < 4.78 is 0. The van der Waals surface area contributed by atoms with E-state index in [0.717, 1.165) is 28.0 Å². The number of para-hydroxylation sites is 1. The summed E-state index contributed by atoms with van der Waals surface area (Å²) in [6.45, 7) is 1.99. The number of aromatic amines is 1. The van der Waals surface area contributed by atoms with E-state index in [1.54, 1.807) is 6.20 Å². The van der Waals surface area contributed by atoms with E-state index >= 15 is 0 Å². The molecule has 4 nitrogen and oxygen atoms in total. The molecule has 3 rings (SSSR count). The second-order valence-corrected chi connectivity index (χ2v) is 4.31. The number of pyridine rings is 1. The molecule has 0 atom stereocenters. The van der Waals surface area contributed by atoms with Crippen molar-refractivity contribution in [2.75, 3.05) is 11.1 Å². The Morgan fingerprint density at radius 3 is 2.94 bits per heavy atom. The number of fused-ring (bicyclic) bond motifs is 1. The molecular weight excluding hydrogens is 224 g/mol. The minimum Gasteiger partial charge on any atom is -0.397 e. The zero-order chi connectivity index (χ0) is 12.5. The molecule has 0 saturated carbocycles. The van der Waals surface area contributed by atoms with Crippen LogP contribution in [0.2, 0.25) is 0 Å². The van der Waals surface area contributed by atoms with Crippen molar-refractivity contribution in [1.29, 1.82) is 0 Å². The maximum absolute atomic E-state index is 5.69. The molecule has 1 aromatic carbocycles. The van der Waals surface area contributed by atoms with Gasteiger partial charge in [0.25, 0.3) is 0 Å². The van der Waals surface area contributed by atoms with Crippen LogP contribution in [0.5, 0.6) is 0 Å². The quantitative estimate of drug-likeness (QED) is 0.642. The van der Waals surface area contributed by atoms with Crippen LogP contribution in [0, 0.1) is 6.92 Å². The monoisotopic (exact) mass is 238 g/mol. The third-order valence-electron chi connectivity index (χ3n) is 2.94. The molecule has 0 spiro atoms. The Hall–Kier alpha value is -2.49. The normalized spacial score (nSPS) is 10.7. The number of hydrogen-bond acceptors (Lipinski definition) is 3. The lowest BCUT2D eigenvalue weighted by atomic mass is 10.2. The SMILES string of the molecule is Cc1cc(N)cnc1Nc1c[nH]c2ccccc12. The van der Waals surface area contributed by atoms with Crippen molar-refractivity contribution in [2.24, 2.45) is 0 Å². The molecule has 0 aliphatic rings. The summed E-state index contributed by atoms with van der Waals surface area (Å²) in [6, 6.07) is 10.1. The number of anilines is 3. The molecule has 2 aromatic heterocycles. The largest absolute Gasteiger partial charge is 0.397 e. The average Bonchev–Trinajstić information content (AvgIpc) is 2.76. The number of benzene rings is 1. The summed E-state index contributed by atoms with van der Waals surface area (Å²) in [5.74, 6) is 0.828. The first-order valence-corrected chi connectivity index (χ1v) is 5.79. The van der Waals surface area contributed by atoms with Gasteiger partial charge in [-0.3, -0.25) is 0 Å². The standard InChI is InChI=1S/C14H14N4/c1-9-6-10(15)7-17-14(9)18-13-8-16-12-5-3-2-4-11(12)13/h2-8,16H,15H2,1H3,(H,17,18). The first-order chi connectivity index (χ1) is 8.74. The Balaban J connectivity index is 2.01. The summed E-state index contributed by atoms with van der Waals surface area (Å²) in [6.07, 6.45) is 3.60. The maximum atomic E-state index is 5.69. The molecule has 0 fully saturated rings. The van der Waals surface area contributed by atoms with Crippen LogP contribution in [-0.2, 0) is 0 Å². The van der Waals surface area contributed by atoms with Crippen molar-refractivity contribution in [3.8, 4) is 0 Å². The highest BCUT2D eigenvalue weighted by Gasteiger charge is 2.05. The van der Waals surface area contributed by atoms with Crippen molar-refractivity contribution in [3.63, 3.8) is 0 Å². The summed E-state index contributed by atoms with van der Waals surface area (Å²) in [4.78, 5) is 7.53. The minimum absolute atomic E-state index is 0.678. The average molecular weight is 238 g/mol. The van der Waals surface area contributed by atoms with Crippen molar-refractivity contribution in [3.05, 3.63) is 48.3 Å². The van der Waals surface area contributed by atoms with Crippen LogP contribution in [0.15, 0.2) is 42.7 Å². The molecule has 0 aliphatic heterocycles. The molecule has 0 aliphatic carbocycles. The fourth-order valence-electron chi connectivity index (χ4n) is 2.03. The number of aromatic nitrogens is 2. The maximum Gasteiger partial charge on any atom is 0.133 e. The molecular formula is C14H14N4. The highest BCUT2D eigenvalue weighted by molar-refractivity contribution is 5.93. The zero-order valence-electron chi connectivity index (χ0n) is 10.1. The van der Waals surface area contributed by atoms with Gasteiger partial charge in [-0.1, -0.05) is 18.2 Å². The number of hydrogen-bond donors (Lipinski definition) is 3. The topological polar surface area (TPSA) is 66.7 Å². The van der Waals surface area contributed by atoms with Crippen LogP contribution < -0.4 is 11.1 Å². The van der Waals surface area contributed by atoms with E-state index in [1.165, 1.54) is 0 Å². The van der Waals surface area contributed by atoms with Gasteiger partial charge in [-0.25, -0.2) is 4.98 Å². The number of nitrogens with two attached hydrogens (primary N) is 1. The van der Waals surface area contributed by atoms with E-state index in [2.05, 4.69) is 21.4 Å². The molecule has 0 saturated heterocycles. The van der Waals surface area contributed by atoms with Gasteiger partial charge in [0, 0.05) is 17.1 Å². The van der Waals surface area contributed by atoms with Gasteiger partial charge in [-0.2, -0.15) is 0 Å². The summed E-state index contributed by atoms with van der Waals surface area (Å²) in [5, 5.41) is 4.47. The van der Waals surface area contributed by atoms with E-state index in [9.17, 15) is 0 Å². The van der Waals surface area contributed by atoms with E-state index < -0.39 is 0 Å². The number of rotatable bonds is 2. The van der Waals surface area contributed by atoms with Crippen LogP contribution in [-0.4, -0.2) is 9.97 Å². The minimum atomic E-state index is 0.678. The van der Waals surface area contributed by atoms with Gasteiger partial charge in [0.15, 0.2) is 0 Å². The van der Waals surface area contributed by atoms with Gasteiger partial charge in [0.2, 0.25) is 0 Å². The van der Waals surface area contributed by atoms with Crippen molar-refractivity contribution >= 4 is 28.1 Å². The van der Waals surface area contributed by atoms with Gasteiger partial charge in [0.1, 0.15) is 5.82 Å². The van der Waals surface area contributed by atoms with Gasteiger partial charge < -0.3 is 16.0 Å². The lowest BCUT2D eigenvalue weighted by molar-refractivity contribution is 1.26. The van der Waals surface area contributed by atoms with Gasteiger partial charge in [0.05, 0.1) is 17.6 Å². The zero-order valence-corrected chi connectivity index (χ0v) is 10.1. The van der Waals surface area contributed by atoms with E-state index in [-0.39, 0.29) is 0 Å². The number of nitrogen functional groups attached to an aromatic ring is 1. The molecule has 4 heteroatoms. The first-order valence-electron chi connectivity index (χ1n) is 5.79. The van der Waals surface area contributed by atoms with Crippen LogP contribution in [0.4, 0.5) is 17.2 Å². The highest BCUT2D eigenvalue weighted by Crippen LogP contribution is 2.26. The molecule has 0 radical (unpaired) electrons. The number of H-pyrrole nitrogens is 1. The van der Waals surface area contributed by atoms with E-state index in [0.29, 0.717) is 5.69 Å². The summed E-state index contributed by atoms with van der Waals surface area (Å²) >= 11 is 0. The number of nitrogens with zero attached hydrogens (tertiary/aromatic N) is 1. The van der Waals surface area contributed by atoms with Crippen LogP contribution in [0.25, 0.3) is 10.9 Å². The lowest BCUT2D eigenvalue weighted by Gasteiger charge is -2.07. The van der Waals surface area contributed by atoms with Gasteiger partial charge in [-0.05, 0) is 24.6 Å². The Labute approximate surface area is 105 Å². The lowest BCUT2D eigenvalue weighted by Crippen LogP contribution is -1.97. The second kappa shape index (κ2) is 4.07. The van der Waals surface area contributed by atoms with Crippen molar-refractivity contribution < 1.29 is 0 Å². The summed E-state index contributed by atoms with van der Waals surface area (Å²) in [5.41, 5.74) is 9.52. The van der Waals surface area contributed by atoms with Gasteiger partial charge >= 0.3 is 0 Å². The Kier molecular flexibility index (Phi) is 2.41. The van der Waals surface area contributed by atoms with E-state index in [4.69, 9.17) is 5.73 Å². The third-order valence-corrected chi connectivity index (χ3v) is 2.94. The molecule has 4 N–H and O–H groups in total. The second-order valence-electron chi connectivity index (χ2n) is 4.31. The van der Waals surface area contributed by atoms with Gasteiger partial charge in [-0.15, -0.1) is 0 Å². The number of nitrogens with one attached hydrogen (secondary N) is 2. The molecule has 90 valence electrons. The smallest absolute Gasteiger partial charge is 0.133 e. The Morgan fingerprint density at radius 1 is 1.28 bits per heavy atom. The van der Waals surface area contributed by atoms with Crippen molar-refractivity contribution in [1.82, 2.24) is 9.97 Å². The van der Waals surface area contributed by atoms with Crippen molar-refractivity contribution in [2.45, 2.75) is 6.92 Å². The predicted molar refractivity (Wildman–Crippen MR) is 75.0 cm³/mol. The molecule has 3 aromatic rings.